The van der Waals surface area contributed by atoms with Gasteiger partial charge < -0.3 is 0 Å². The van der Waals surface area contributed by atoms with E-state index in [2.05, 4.69) is 6.92 Å². The molecule has 14 heavy (non-hydrogen) atoms. The minimum atomic E-state index is -1.77. The van der Waals surface area contributed by atoms with Gasteiger partial charge in [-0.05, 0) is 6.42 Å². The van der Waals surface area contributed by atoms with Crippen LogP contribution in [0.3, 0.4) is 0 Å². The van der Waals surface area contributed by atoms with Crippen LogP contribution in [0.5, 0.6) is 0 Å². The molecular weight excluding hydrogens is 309 g/mol. The molecule has 0 radical (unpaired) electrons. The van der Waals surface area contributed by atoms with Crippen LogP contribution in [0, 0.1) is 0 Å². The van der Waals surface area contributed by atoms with E-state index in [0.29, 0.717) is 6.42 Å². The van der Waals surface area contributed by atoms with Crippen LogP contribution in [0.25, 0.3) is 0 Å². The Bertz CT molecular complexity index is 162. The quantitative estimate of drug-likeness (QED) is 0.449. The third kappa shape index (κ3) is 4.72. The molecule has 0 aromatic carbocycles. The summed E-state index contributed by atoms with van der Waals surface area (Å²) in [6.07, 6.45) is 3.71. The zero-order valence-electron chi connectivity index (χ0n) is 7.67. The normalized spacial score (nSPS) is 15.6. The van der Waals surface area contributed by atoms with Gasteiger partial charge in [0.2, 0.25) is 3.79 Å². The molecule has 0 aliphatic heterocycles. The van der Waals surface area contributed by atoms with E-state index in [9.17, 15) is 0 Å². The maximum atomic E-state index is 5.98. The van der Waals surface area contributed by atoms with Gasteiger partial charge in [0, 0.05) is 0 Å². The van der Waals surface area contributed by atoms with E-state index >= 15 is 0 Å². The first-order valence-electron chi connectivity index (χ1n) is 4.32. The van der Waals surface area contributed by atoms with Gasteiger partial charge in [-0.3, -0.25) is 0 Å². The molecule has 6 heteroatoms. The van der Waals surface area contributed by atoms with Gasteiger partial charge in [-0.1, -0.05) is 84.2 Å². The smallest absolute Gasteiger partial charge is 0.120 e. The highest BCUT2D eigenvalue weighted by Crippen LogP contribution is 2.50. The van der Waals surface area contributed by atoms with Crippen LogP contribution in [-0.2, 0) is 0 Å². The molecule has 0 saturated heterocycles. The van der Waals surface area contributed by atoms with Crippen molar-refractivity contribution in [1.82, 2.24) is 0 Å². The van der Waals surface area contributed by atoms with Gasteiger partial charge in [0.15, 0.2) is 4.33 Å². The van der Waals surface area contributed by atoms with Crippen molar-refractivity contribution in [3.8, 4) is 0 Å². The van der Waals surface area contributed by atoms with E-state index in [1.807, 2.05) is 0 Å². The number of halogens is 6. The third-order valence-corrected chi connectivity index (χ3v) is 5.17. The predicted molar refractivity (Wildman–Crippen MR) is 68.5 cm³/mol. The summed E-state index contributed by atoms with van der Waals surface area (Å²) in [7, 11) is 0. The largest absolute Gasteiger partial charge is 0.224 e. The van der Waals surface area contributed by atoms with E-state index in [1.165, 1.54) is 0 Å². The summed E-state index contributed by atoms with van der Waals surface area (Å²) >= 11 is 34.6. The van der Waals surface area contributed by atoms with Crippen molar-refractivity contribution in [2.75, 3.05) is 0 Å². The average molecular weight is 321 g/mol. The fourth-order valence-electron chi connectivity index (χ4n) is 0.932. The van der Waals surface area contributed by atoms with Crippen LogP contribution in [-0.4, -0.2) is 13.5 Å². The van der Waals surface area contributed by atoms with Gasteiger partial charge in [-0.2, -0.15) is 0 Å². The van der Waals surface area contributed by atoms with Gasteiger partial charge in [-0.15, -0.1) is 11.6 Å². The second-order valence-corrected chi connectivity index (χ2v) is 7.28. The van der Waals surface area contributed by atoms with Gasteiger partial charge >= 0.3 is 0 Å². The lowest BCUT2D eigenvalue weighted by atomic mass is 10.1. The van der Waals surface area contributed by atoms with Crippen LogP contribution < -0.4 is 0 Å². The highest BCUT2D eigenvalue weighted by atomic mass is 35.6. The van der Waals surface area contributed by atoms with Gasteiger partial charge in [0.05, 0.1) is 5.38 Å². The summed E-state index contributed by atoms with van der Waals surface area (Å²) in [6, 6.07) is 0. The van der Waals surface area contributed by atoms with E-state index in [1.54, 1.807) is 0 Å². The zero-order chi connectivity index (χ0) is 11.4. The second kappa shape index (κ2) is 6.47. The van der Waals surface area contributed by atoms with E-state index < -0.39 is 13.5 Å². The second-order valence-electron chi connectivity index (χ2n) is 3.08. The number of hydrogen-bond donors (Lipinski definition) is 0. The highest BCUT2D eigenvalue weighted by molar-refractivity contribution is 6.76. The van der Waals surface area contributed by atoms with Crippen molar-refractivity contribution < 1.29 is 0 Å². The summed E-state index contributed by atoms with van der Waals surface area (Å²) < 4.78 is -3.32. The Morgan fingerprint density at radius 3 is 1.86 bits per heavy atom. The minimum Gasteiger partial charge on any atom is -0.120 e. The van der Waals surface area contributed by atoms with E-state index in [4.69, 9.17) is 69.6 Å². The van der Waals surface area contributed by atoms with Crippen LogP contribution in [0.2, 0.25) is 0 Å². The lowest BCUT2D eigenvalue weighted by Crippen LogP contribution is -2.40. The van der Waals surface area contributed by atoms with Gasteiger partial charge in [-0.25, -0.2) is 0 Å². The first-order chi connectivity index (χ1) is 6.23. The lowest BCUT2D eigenvalue weighted by Gasteiger charge is -2.31. The van der Waals surface area contributed by atoms with Crippen molar-refractivity contribution in [3.63, 3.8) is 0 Å². The Kier molecular flexibility index (Phi) is 7.27. The molecule has 0 saturated carbocycles. The van der Waals surface area contributed by atoms with E-state index in [-0.39, 0.29) is 0 Å². The number of hydrogen-bond acceptors (Lipinski definition) is 0. The standard InChI is InChI=1S/C8H12Cl6/c1-2-3-4-5-6(9)7(10,11)8(12,13)14/h6H,2-5H2,1H3. The van der Waals surface area contributed by atoms with Crippen molar-refractivity contribution in [2.24, 2.45) is 0 Å². The van der Waals surface area contributed by atoms with Crippen molar-refractivity contribution in [3.05, 3.63) is 0 Å². The molecule has 0 amide bonds. The highest BCUT2D eigenvalue weighted by Gasteiger charge is 2.50. The molecule has 0 aromatic heterocycles. The maximum absolute atomic E-state index is 5.98. The van der Waals surface area contributed by atoms with Gasteiger partial charge in [0.25, 0.3) is 0 Å². The molecule has 0 fully saturated rings. The molecule has 0 nitrogen and oxygen atoms in total. The summed E-state index contributed by atoms with van der Waals surface area (Å²) in [6.45, 7) is 2.09. The molecule has 1 atom stereocenters. The predicted octanol–water partition coefficient (Wildman–Crippen LogP) is 5.72. The van der Waals surface area contributed by atoms with Crippen molar-refractivity contribution >= 4 is 69.6 Å². The topological polar surface area (TPSA) is 0 Å². The summed E-state index contributed by atoms with van der Waals surface area (Å²) in [5, 5.41) is -0.565. The molecular formula is C8H12Cl6. The molecule has 0 N–H and O–H groups in total. The Labute approximate surface area is 115 Å². The summed E-state index contributed by atoms with van der Waals surface area (Å²) in [4.78, 5) is 0. The average Bonchev–Trinajstić information content (AvgIpc) is 2.02. The van der Waals surface area contributed by atoms with Crippen molar-refractivity contribution in [2.45, 2.75) is 46.1 Å². The van der Waals surface area contributed by atoms with E-state index in [0.717, 1.165) is 19.3 Å². The Morgan fingerprint density at radius 2 is 1.50 bits per heavy atom. The van der Waals surface area contributed by atoms with Gasteiger partial charge in [0.1, 0.15) is 0 Å². The maximum Gasteiger partial charge on any atom is 0.224 e. The van der Waals surface area contributed by atoms with Crippen LogP contribution in [0.4, 0.5) is 0 Å². The monoisotopic (exact) mass is 318 g/mol. The Hall–Kier alpha value is 1.74. The zero-order valence-corrected chi connectivity index (χ0v) is 12.2. The molecule has 0 rings (SSSR count). The fourth-order valence-corrected chi connectivity index (χ4v) is 2.03. The molecule has 1 unspecified atom stereocenters. The fraction of sp³-hybridized carbons (Fsp3) is 1.00. The summed E-state index contributed by atoms with van der Waals surface area (Å²) in [5.41, 5.74) is 0. The Balaban J connectivity index is 4.15. The molecule has 0 aromatic rings. The van der Waals surface area contributed by atoms with Crippen LogP contribution in [0.15, 0.2) is 0 Å². The molecule has 0 spiro atoms. The van der Waals surface area contributed by atoms with Crippen LogP contribution >= 0.6 is 69.6 Å². The number of rotatable bonds is 5. The summed E-state index contributed by atoms with van der Waals surface area (Å²) in [5.74, 6) is 0. The molecule has 0 aliphatic carbocycles. The van der Waals surface area contributed by atoms with Crippen LogP contribution in [0.1, 0.15) is 32.6 Å². The molecule has 0 heterocycles. The number of alkyl halides is 6. The lowest BCUT2D eigenvalue weighted by molar-refractivity contribution is 0.599. The first kappa shape index (κ1) is 15.7. The number of unbranched alkanes of at least 4 members (excludes halogenated alkanes) is 2. The minimum absolute atomic E-state index is 0.565. The molecule has 86 valence electrons. The Morgan fingerprint density at radius 1 is 1.00 bits per heavy atom. The molecule has 0 aliphatic rings. The third-order valence-electron chi connectivity index (χ3n) is 1.83. The molecule has 0 bridgehead atoms. The van der Waals surface area contributed by atoms with Crippen molar-refractivity contribution in [1.29, 1.82) is 0 Å². The SMILES string of the molecule is CCCCCC(Cl)C(Cl)(Cl)C(Cl)(Cl)Cl. The first-order valence-corrected chi connectivity index (χ1v) is 6.64.